The first kappa shape index (κ1) is 22.3. The number of amides is 1. The van der Waals surface area contributed by atoms with Gasteiger partial charge < -0.3 is 20.1 Å². The molecule has 0 saturated carbocycles. The number of carbonyl (C=O) groups excluding carboxylic acids is 1. The standard InChI is InChI=1S/C23H24ClN7O3/c1-33-21-4-3-14(24)9-16(21)18(28-15-5-8-34-13-15)10-19-20(12-26-30-19)29-23(32)17-11-27-31-7-2-6-25-22(17)31/h2-4,6-7,9,11-12,15,18,28H,5,8,10,13H2,1H3,(H,26,30)(H,29,32). The van der Waals surface area contributed by atoms with Crippen molar-refractivity contribution in [3.8, 4) is 5.75 Å². The SMILES string of the molecule is COc1ccc(Cl)cc1C(Cc1[nH]ncc1NC(=O)c1cnn2cccnc12)NC1CCOC1. The second-order valence-electron chi connectivity index (χ2n) is 8.03. The molecule has 0 spiro atoms. The van der Waals surface area contributed by atoms with E-state index in [-0.39, 0.29) is 18.0 Å². The Morgan fingerprint density at radius 1 is 1.41 bits per heavy atom. The van der Waals surface area contributed by atoms with Gasteiger partial charge in [-0.2, -0.15) is 10.2 Å². The summed E-state index contributed by atoms with van der Waals surface area (Å²) in [5.74, 6) is 0.411. The van der Waals surface area contributed by atoms with Crippen LogP contribution in [0.3, 0.4) is 0 Å². The number of hydrogen-bond donors (Lipinski definition) is 3. The summed E-state index contributed by atoms with van der Waals surface area (Å²) in [5.41, 5.74) is 3.11. The normalized spacial score (nSPS) is 16.6. The fourth-order valence-electron chi connectivity index (χ4n) is 4.14. The second-order valence-corrected chi connectivity index (χ2v) is 8.47. The number of methoxy groups -OCH3 is 1. The number of H-pyrrole nitrogens is 1. The predicted molar refractivity (Wildman–Crippen MR) is 126 cm³/mol. The van der Waals surface area contributed by atoms with Crippen molar-refractivity contribution in [1.82, 2.24) is 30.1 Å². The van der Waals surface area contributed by atoms with E-state index in [0.29, 0.717) is 34.9 Å². The molecule has 4 aromatic rings. The molecule has 1 aliphatic heterocycles. The molecule has 1 fully saturated rings. The highest BCUT2D eigenvalue weighted by Gasteiger charge is 2.26. The third-order valence-corrected chi connectivity index (χ3v) is 6.07. The lowest BCUT2D eigenvalue weighted by molar-refractivity contribution is 0.102. The fourth-order valence-corrected chi connectivity index (χ4v) is 4.32. The molecule has 5 rings (SSSR count). The molecule has 1 aromatic carbocycles. The lowest BCUT2D eigenvalue weighted by Gasteiger charge is -2.24. The van der Waals surface area contributed by atoms with Crippen LogP contribution in [0, 0.1) is 0 Å². The highest BCUT2D eigenvalue weighted by atomic mass is 35.5. The van der Waals surface area contributed by atoms with E-state index < -0.39 is 0 Å². The molecule has 3 N–H and O–H groups in total. The Kier molecular flexibility index (Phi) is 6.43. The molecule has 1 aliphatic rings. The predicted octanol–water partition coefficient (Wildman–Crippen LogP) is 3.03. The highest BCUT2D eigenvalue weighted by Crippen LogP contribution is 2.32. The number of fused-ring (bicyclic) bond motifs is 1. The van der Waals surface area contributed by atoms with Gasteiger partial charge in [-0.3, -0.25) is 9.89 Å². The number of benzene rings is 1. The van der Waals surface area contributed by atoms with E-state index in [1.165, 1.54) is 6.20 Å². The summed E-state index contributed by atoms with van der Waals surface area (Å²) < 4.78 is 12.7. The summed E-state index contributed by atoms with van der Waals surface area (Å²) in [5, 5.41) is 18.6. The van der Waals surface area contributed by atoms with E-state index in [0.717, 1.165) is 30.0 Å². The van der Waals surface area contributed by atoms with Gasteiger partial charge in [-0.15, -0.1) is 0 Å². The summed E-state index contributed by atoms with van der Waals surface area (Å²) in [6, 6.07) is 7.34. The summed E-state index contributed by atoms with van der Waals surface area (Å²) in [6.07, 6.45) is 7.88. The van der Waals surface area contributed by atoms with Gasteiger partial charge in [0.15, 0.2) is 5.65 Å². The number of anilines is 1. The molecule has 1 amide bonds. The molecule has 0 bridgehead atoms. The van der Waals surface area contributed by atoms with Gasteiger partial charge >= 0.3 is 0 Å². The van der Waals surface area contributed by atoms with E-state index >= 15 is 0 Å². The number of nitrogens with zero attached hydrogens (tertiary/aromatic N) is 4. The third-order valence-electron chi connectivity index (χ3n) is 5.83. The zero-order chi connectivity index (χ0) is 23.5. The van der Waals surface area contributed by atoms with Crippen molar-refractivity contribution in [3.63, 3.8) is 0 Å². The smallest absolute Gasteiger partial charge is 0.261 e. The molecule has 3 aromatic heterocycles. The largest absolute Gasteiger partial charge is 0.496 e. The first-order chi connectivity index (χ1) is 16.6. The van der Waals surface area contributed by atoms with Gasteiger partial charge in [0, 0.05) is 48.1 Å². The highest BCUT2D eigenvalue weighted by molar-refractivity contribution is 6.30. The number of ether oxygens (including phenoxy) is 2. The van der Waals surface area contributed by atoms with Crippen molar-refractivity contribution < 1.29 is 14.3 Å². The van der Waals surface area contributed by atoms with Crippen molar-refractivity contribution in [2.45, 2.75) is 24.9 Å². The van der Waals surface area contributed by atoms with Crippen LogP contribution < -0.4 is 15.4 Å². The van der Waals surface area contributed by atoms with Crippen molar-refractivity contribution >= 4 is 28.8 Å². The number of nitrogens with one attached hydrogen (secondary N) is 3. The average Bonchev–Trinajstić information content (AvgIpc) is 3.60. The van der Waals surface area contributed by atoms with Gasteiger partial charge in [-0.05, 0) is 30.7 Å². The Morgan fingerprint density at radius 3 is 3.15 bits per heavy atom. The van der Waals surface area contributed by atoms with Gasteiger partial charge in [0.1, 0.15) is 11.3 Å². The van der Waals surface area contributed by atoms with Gasteiger partial charge in [0.25, 0.3) is 5.91 Å². The van der Waals surface area contributed by atoms with Crippen LogP contribution in [0.4, 0.5) is 5.69 Å². The van der Waals surface area contributed by atoms with Gasteiger partial charge in [-0.25, -0.2) is 9.50 Å². The molecule has 176 valence electrons. The van der Waals surface area contributed by atoms with Gasteiger partial charge in [0.2, 0.25) is 0 Å². The fraction of sp³-hybridized carbons (Fsp3) is 0.304. The molecule has 1 saturated heterocycles. The van der Waals surface area contributed by atoms with Crippen molar-refractivity contribution in [1.29, 1.82) is 0 Å². The monoisotopic (exact) mass is 481 g/mol. The van der Waals surface area contributed by atoms with Crippen LogP contribution in [0.1, 0.15) is 34.1 Å². The third kappa shape index (κ3) is 4.60. The Bertz CT molecular complexity index is 1300. The van der Waals surface area contributed by atoms with Gasteiger partial charge in [0.05, 0.1) is 37.5 Å². The number of carbonyl (C=O) groups is 1. The number of aromatic nitrogens is 5. The zero-order valence-electron chi connectivity index (χ0n) is 18.5. The first-order valence-electron chi connectivity index (χ1n) is 10.9. The van der Waals surface area contributed by atoms with E-state index in [2.05, 4.69) is 30.9 Å². The van der Waals surface area contributed by atoms with Crippen LogP contribution in [-0.2, 0) is 11.2 Å². The van der Waals surface area contributed by atoms with E-state index in [1.54, 1.807) is 42.3 Å². The molecular formula is C23H24ClN7O3. The first-order valence-corrected chi connectivity index (χ1v) is 11.3. The van der Waals surface area contributed by atoms with Crippen molar-refractivity contribution in [2.24, 2.45) is 0 Å². The minimum atomic E-state index is -0.314. The van der Waals surface area contributed by atoms with E-state index in [4.69, 9.17) is 21.1 Å². The molecule has 2 atom stereocenters. The number of aromatic amines is 1. The lowest BCUT2D eigenvalue weighted by atomic mass is 9.99. The van der Waals surface area contributed by atoms with Crippen molar-refractivity contribution in [3.05, 3.63) is 70.9 Å². The van der Waals surface area contributed by atoms with Gasteiger partial charge in [-0.1, -0.05) is 11.6 Å². The average molecular weight is 482 g/mol. The zero-order valence-corrected chi connectivity index (χ0v) is 19.2. The summed E-state index contributed by atoms with van der Waals surface area (Å²) >= 11 is 6.32. The van der Waals surface area contributed by atoms with Crippen molar-refractivity contribution in [2.75, 3.05) is 25.6 Å². The van der Waals surface area contributed by atoms with Crippen LogP contribution in [0.25, 0.3) is 5.65 Å². The maximum Gasteiger partial charge on any atom is 0.261 e. The summed E-state index contributed by atoms with van der Waals surface area (Å²) in [7, 11) is 1.63. The Morgan fingerprint density at radius 2 is 2.32 bits per heavy atom. The second kappa shape index (κ2) is 9.80. The molecule has 0 radical (unpaired) electrons. The quantitative estimate of drug-likeness (QED) is 0.354. The van der Waals surface area contributed by atoms with Crippen LogP contribution in [0.2, 0.25) is 5.02 Å². The lowest BCUT2D eigenvalue weighted by Crippen LogP contribution is -2.34. The molecule has 34 heavy (non-hydrogen) atoms. The molecule has 2 unspecified atom stereocenters. The summed E-state index contributed by atoms with van der Waals surface area (Å²) in [6.45, 7) is 1.35. The minimum Gasteiger partial charge on any atom is -0.496 e. The molecule has 10 nitrogen and oxygen atoms in total. The van der Waals surface area contributed by atoms with Crippen LogP contribution in [0.15, 0.2) is 49.1 Å². The molecule has 0 aliphatic carbocycles. The number of halogens is 1. The number of rotatable bonds is 8. The Balaban J connectivity index is 1.41. The van der Waals surface area contributed by atoms with Crippen LogP contribution >= 0.6 is 11.6 Å². The van der Waals surface area contributed by atoms with E-state index in [1.807, 2.05) is 12.1 Å². The van der Waals surface area contributed by atoms with Crippen LogP contribution in [0.5, 0.6) is 5.75 Å². The summed E-state index contributed by atoms with van der Waals surface area (Å²) in [4.78, 5) is 17.3. The maximum absolute atomic E-state index is 13.0. The number of hydrogen-bond acceptors (Lipinski definition) is 7. The Labute approximate surface area is 200 Å². The molecule has 4 heterocycles. The maximum atomic E-state index is 13.0. The van der Waals surface area contributed by atoms with Crippen LogP contribution in [-0.4, -0.2) is 57.1 Å². The Hall–Kier alpha value is -3.47. The molecule has 11 heteroatoms. The van der Waals surface area contributed by atoms with E-state index in [9.17, 15) is 4.79 Å². The minimum absolute atomic E-state index is 0.157. The molecular weight excluding hydrogens is 458 g/mol. The topological polar surface area (TPSA) is 118 Å².